The van der Waals surface area contributed by atoms with Crippen molar-refractivity contribution < 1.29 is 14.3 Å². The fraction of sp³-hybridized carbons (Fsp3) is 0.417. The summed E-state index contributed by atoms with van der Waals surface area (Å²) in [4.78, 5) is 28.8. The van der Waals surface area contributed by atoms with Crippen molar-refractivity contribution >= 4 is 23.6 Å². The number of pyridine rings is 1. The van der Waals surface area contributed by atoms with Crippen LogP contribution in [0.2, 0.25) is 0 Å². The van der Waals surface area contributed by atoms with Crippen LogP contribution in [0.15, 0.2) is 24.4 Å². The first-order valence-electron chi connectivity index (χ1n) is 5.60. The number of ether oxygens (including phenoxy) is 1. The fourth-order valence-electron chi connectivity index (χ4n) is 1.67. The van der Waals surface area contributed by atoms with Crippen LogP contribution >= 0.6 is 11.8 Å². The van der Waals surface area contributed by atoms with E-state index >= 15 is 0 Å². The van der Waals surface area contributed by atoms with Gasteiger partial charge in [-0.1, -0.05) is 6.07 Å². The molecule has 1 atom stereocenters. The summed E-state index contributed by atoms with van der Waals surface area (Å²) in [6, 6.07) is 4.97. The lowest BCUT2D eigenvalue weighted by atomic mass is 10.3. The molecule has 1 saturated heterocycles. The minimum Gasteiger partial charge on any atom is -0.458 e. The van der Waals surface area contributed by atoms with Gasteiger partial charge in [-0.25, -0.2) is 4.79 Å². The van der Waals surface area contributed by atoms with Gasteiger partial charge in [-0.05, 0) is 12.1 Å². The zero-order chi connectivity index (χ0) is 13.0. The Morgan fingerprint density at radius 2 is 2.39 bits per heavy atom. The molecule has 0 bridgehead atoms. The van der Waals surface area contributed by atoms with Crippen molar-refractivity contribution in [2.75, 3.05) is 11.6 Å². The zero-order valence-corrected chi connectivity index (χ0v) is 10.9. The lowest BCUT2D eigenvalue weighted by Crippen LogP contribution is -2.41. The normalized spacial score (nSPS) is 18.7. The molecule has 96 valence electrons. The molecule has 0 unspecified atom stereocenters. The fourth-order valence-corrected chi connectivity index (χ4v) is 2.88. The van der Waals surface area contributed by atoms with Gasteiger partial charge in [-0.2, -0.15) is 0 Å². The van der Waals surface area contributed by atoms with Crippen molar-refractivity contribution in [2.24, 2.45) is 0 Å². The highest BCUT2D eigenvalue weighted by atomic mass is 32.2. The number of hydrogen-bond donors (Lipinski definition) is 0. The average molecular weight is 266 g/mol. The second kappa shape index (κ2) is 5.86. The predicted octanol–water partition coefficient (Wildman–Crippen LogP) is 1.05. The zero-order valence-electron chi connectivity index (χ0n) is 10.0. The van der Waals surface area contributed by atoms with Gasteiger partial charge in [-0.3, -0.25) is 9.78 Å². The topological polar surface area (TPSA) is 59.5 Å². The summed E-state index contributed by atoms with van der Waals surface area (Å²) in [6.07, 6.45) is 1.65. The molecule has 1 amide bonds. The Morgan fingerprint density at radius 3 is 3.06 bits per heavy atom. The second-order valence-electron chi connectivity index (χ2n) is 3.93. The van der Waals surface area contributed by atoms with Gasteiger partial charge in [0.05, 0.1) is 11.6 Å². The third kappa shape index (κ3) is 3.01. The van der Waals surface area contributed by atoms with Crippen LogP contribution in [0.1, 0.15) is 12.6 Å². The first-order chi connectivity index (χ1) is 8.68. The van der Waals surface area contributed by atoms with E-state index in [4.69, 9.17) is 4.74 Å². The monoisotopic (exact) mass is 266 g/mol. The van der Waals surface area contributed by atoms with E-state index in [0.29, 0.717) is 17.3 Å². The Morgan fingerprint density at radius 1 is 1.56 bits per heavy atom. The predicted molar refractivity (Wildman–Crippen MR) is 67.7 cm³/mol. The quantitative estimate of drug-likeness (QED) is 0.765. The lowest BCUT2D eigenvalue weighted by molar-refractivity contribution is -0.153. The van der Waals surface area contributed by atoms with E-state index in [0.717, 1.165) is 0 Å². The molecule has 1 fully saturated rings. The van der Waals surface area contributed by atoms with Gasteiger partial charge in [0.15, 0.2) is 0 Å². The third-order valence-electron chi connectivity index (χ3n) is 2.65. The van der Waals surface area contributed by atoms with Gasteiger partial charge in [0, 0.05) is 18.9 Å². The maximum atomic E-state index is 11.9. The van der Waals surface area contributed by atoms with E-state index in [-0.39, 0.29) is 18.5 Å². The van der Waals surface area contributed by atoms with Crippen molar-refractivity contribution in [3.8, 4) is 0 Å². The molecule has 1 aromatic heterocycles. The van der Waals surface area contributed by atoms with Crippen molar-refractivity contribution in [3.05, 3.63) is 30.1 Å². The molecule has 0 saturated carbocycles. The lowest BCUT2D eigenvalue weighted by Gasteiger charge is -2.20. The number of thioether (sulfide) groups is 1. The standard InChI is InChI=1S/C12H14N2O3S/c1-9(15)14-8-18-7-11(14)12(16)17-6-10-4-2-3-5-13-10/h2-5,11H,6-8H2,1H3/t11-/m1/s1. The van der Waals surface area contributed by atoms with Gasteiger partial charge in [0.25, 0.3) is 0 Å². The van der Waals surface area contributed by atoms with Crippen molar-refractivity contribution in [1.29, 1.82) is 0 Å². The summed E-state index contributed by atoms with van der Waals surface area (Å²) in [5.41, 5.74) is 0.700. The summed E-state index contributed by atoms with van der Waals surface area (Å²) < 4.78 is 5.18. The molecule has 0 aliphatic carbocycles. The van der Waals surface area contributed by atoms with E-state index in [1.54, 1.807) is 30.1 Å². The number of hydrogen-bond acceptors (Lipinski definition) is 5. The highest BCUT2D eigenvalue weighted by Gasteiger charge is 2.34. The van der Waals surface area contributed by atoms with Crippen LogP contribution in [-0.2, 0) is 20.9 Å². The summed E-state index contributed by atoms with van der Waals surface area (Å²) in [7, 11) is 0. The molecule has 5 nitrogen and oxygen atoms in total. The van der Waals surface area contributed by atoms with Crippen molar-refractivity contribution in [2.45, 2.75) is 19.6 Å². The number of carbonyl (C=O) groups is 2. The van der Waals surface area contributed by atoms with Crippen LogP contribution < -0.4 is 0 Å². The molecule has 18 heavy (non-hydrogen) atoms. The SMILES string of the molecule is CC(=O)N1CSC[C@@H]1C(=O)OCc1ccccn1. The molecule has 0 spiro atoms. The summed E-state index contributed by atoms with van der Waals surface area (Å²) >= 11 is 1.56. The van der Waals surface area contributed by atoms with Gasteiger partial charge >= 0.3 is 5.97 Å². The highest BCUT2D eigenvalue weighted by Crippen LogP contribution is 2.22. The molecule has 0 aromatic carbocycles. The Kier molecular flexibility index (Phi) is 4.19. The molecule has 1 aromatic rings. The second-order valence-corrected chi connectivity index (χ2v) is 4.93. The number of carbonyl (C=O) groups excluding carboxylic acids is 2. The van der Waals surface area contributed by atoms with Gasteiger partial charge in [0.1, 0.15) is 12.6 Å². The van der Waals surface area contributed by atoms with Gasteiger partial charge < -0.3 is 9.64 Å². The van der Waals surface area contributed by atoms with E-state index < -0.39 is 6.04 Å². The van der Waals surface area contributed by atoms with E-state index in [2.05, 4.69) is 4.98 Å². The van der Waals surface area contributed by atoms with Gasteiger partial charge in [0.2, 0.25) is 5.91 Å². The number of amides is 1. The first kappa shape index (κ1) is 12.9. The minimum absolute atomic E-state index is 0.0974. The maximum Gasteiger partial charge on any atom is 0.330 e. The molecule has 0 N–H and O–H groups in total. The number of esters is 1. The van der Waals surface area contributed by atoms with Crippen molar-refractivity contribution in [1.82, 2.24) is 9.88 Å². The molecule has 2 heterocycles. The molecular formula is C12H14N2O3S. The van der Waals surface area contributed by atoms with Crippen LogP contribution in [0.25, 0.3) is 0 Å². The van der Waals surface area contributed by atoms with E-state index in [9.17, 15) is 9.59 Å². The highest BCUT2D eigenvalue weighted by molar-refractivity contribution is 7.99. The Hall–Kier alpha value is -1.56. The van der Waals surface area contributed by atoms with Crippen molar-refractivity contribution in [3.63, 3.8) is 0 Å². The van der Waals surface area contributed by atoms with Gasteiger partial charge in [-0.15, -0.1) is 11.8 Å². The Bertz CT molecular complexity index is 438. The van der Waals surface area contributed by atoms with E-state index in [1.165, 1.54) is 11.8 Å². The Balaban J connectivity index is 1.90. The van der Waals surface area contributed by atoms with Crippen LogP contribution in [0.4, 0.5) is 0 Å². The molecule has 0 radical (unpaired) electrons. The molecular weight excluding hydrogens is 252 g/mol. The molecule has 1 aliphatic rings. The Labute approximate surface area is 110 Å². The summed E-state index contributed by atoms with van der Waals surface area (Å²) in [5.74, 6) is 0.694. The number of rotatable bonds is 3. The summed E-state index contributed by atoms with van der Waals surface area (Å²) in [6.45, 7) is 1.61. The van der Waals surface area contributed by atoms with Crippen LogP contribution in [0.5, 0.6) is 0 Å². The third-order valence-corrected chi connectivity index (χ3v) is 3.66. The summed E-state index contributed by atoms with van der Waals surface area (Å²) in [5, 5.41) is 0. The minimum atomic E-state index is -0.462. The molecule has 6 heteroatoms. The smallest absolute Gasteiger partial charge is 0.330 e. The number of nitrogens with zero attached hydrogens (tertiary/aromatic N) is 2. The largest absolute Gasteiger partial charge is 0.458 e. The van der Waals surface area contributed by atoms with Crippen LogP contribution in [0, 0.1) is 0 Å². The number of aromatic nitrogens is 1. The first-order valence-corrected chi connectivity index (χ1v) is 6.75. The van der Waals surface area contributed by atoms with E-state index in [1.807, 2.05) is 6.07 Å². The van der Waals surface area contributed by atoms with Crippen LogP contribution in [-0.4, -0.2) is 39.4 Å². The maximum absolute atomic E-state index is 11.9. The van der Waals surface area contributed by atoms with Crippen LogP contribution in [0.3, 0.4) is 0 Å². The molecule has 2 rings (SSSR count). The average Bonchev–Trinajstić information content (AvgIpc) is 2.86. The molecule has 1 aliphatic heterocycles.